The molecule has 0 aliphatic heterocycles. The van der Waals surface area contributed by atoms with Crippen molar-refractivity contribution in [2.75, 3.05) is 16.3 Å². The topological polar surface area (TPSA) is 121 Å². The van der Waals surface area contributed by atoms with Crippen molar-refractivity contribution < 1.29 is 26.0 Å². The van der Waals surface area contributed by atoms with Crippen LogP contribution < -0.4 is 14.8 Å². The van der Waals surface area contributed by atoms with Crippen LogP contribution in [0.1, 0.15) is 29.8 Å². The van der Waals surface area contributed by atoms with Crippen molar-refractivity contribution in [3.8, 4) is 0 Å². The highest BCUT2D eigenvalue weighted by Gasteiger charge is 2.20. The standard InChI is InChI=1S/C18H22FN3O5S2/c1-11(2)21-29(26,27)14-7-8-16(19)15(10-14)18(23)20-13-6-5-12(3)17(9-13)22-28(4,24)25/h5-11,21-22H,1-4H3,(H,20,23). The van der Waals surface area contributed by atoms with Gasteiger partial charge in [0, 0.05) is 11.7 Å². The Morgan fingerprint density at radius 3 is 2.28 bits per heavy atom. The number of sulfonamides is 2. The van der Waals surface area contributed by atoms with Gasteiger partial charge in [0.2, 0.25) is 20.0 Å². The molecule has 0 saturated heterocycles. The Bertz CT molecular complexity index is 1150. The zero-order chi connectivity index (χ0) is 22.0. The molecule has 0 atom stereocenters. The molecule has 1 amide bonds. The first-order chi connectivity index (χ1) is 13.3. The largest absolute Gasteiger partial charge is 0.322 e. The Morgan fingerprint density at radius 1 is 1.03 bits per heavy atom. The van der Waals surface area contributed by atoms with E-state index in [0.717, 1.165) is 24.5 Å². The minimum absolute atomic E-state index is 0.208. The van der Waals surface area contributed by atoms with E-state index in [0.29, 0.717) is 5.56 Å². The van der Waals surface area contributed by atoms with Gasteiger partial charge in [0.1, 0.15) is 5.82 Å². The highest BCUT2D eigenvalue weighted by Crippen LogP contribution is 2.23. The van der Waals surface area contributed by atoms with Crippen LogP contribution in [0.3, 0.4) is 0 Å². The summed E-state index contributed by atoms with van der Waals surface area (Å²) in [5.74, 6) is -1.77. The van der Waals surface area contributed by atoms with Crippen LogP contribution in [0.2, 0.25) is 0 Å². The van der Waals surface area contributed by atoms with Crippen LogP contribution in [0.25, 0.3) is 0 Å². The maximum Gasteiger partial charge on any atom is 0.258 e. The number of anilines is 2. The van der Waals surface area contributed by atoms with Gasteiger partial charge in [0.05, 0.1) is 22.4 Å². The van der Waals surface area contributed by atoms with Gasteiger partial charge in [-0.15, -0.1) is 0 Å². The van der Waals surface area contributed by atoms with Crippen molar-refractivity contribution in [1.29, 1.82) is 0 Å². The molecule has 0 aromatic heterocycles. The van der Waals surface area contributed by atoms with E-state index >= 15 is 0 Å². The zero-order valence-corrected chi connectivity index (χ0v) is 17.9. The fraction of sp³-hybridized carbons (Fsp3) is 0.278. The Labute approximate surface area is 169 Å². The smallest absolute Gasteiger partial charge is 0.258 e. The lowest BCUT2D eigenvalue weighted by atomic mass is 10.1. The molecular weight excluding hydrogens is 421 g/mol. The number of carbonyl (C=O) groups is 1. The number of nitrogens with one attached hydrogen (secondary N) is 3. The predicted octanol–water partition coefficient (Wildman–Crippen LogP) is 2.44. The van der Waals surface area contributed by atoms with Gasteiger partial charge < -0.3 is 5.32 Å². The molecule has 8 nitrogen and oxygen atoms in total. The van der Waals surface area contributed by atoms with Crippen molar-refractivity contribution in [2.24, 2.45) is 0 Å². The molecule has 0 aliphatic carbocycles. The maximum atomic E-state index is 14.2. The van der Waals surface area contributed by atoms with Gasteiger partial charge in [0.15, 0.2) is 0 Å². The number of hydrogen-bond donors (Lipinski definition) is 3. The van der Waals surface area contributed by atoms with Crippen LogP contribution in [0, 0.1) is 12.7 Å². The first-order valence-corrected chi connectivity index (χ1v) is 11.9. The second-order valence-corrected chi connectivity index (χ2v) is 10.2. The van der Waals surface area contributed by atoms with Crippen molar-refractivity contribution in [1.82, 2.24) is 4.72 Å². The van der Waals surface area contributed by atoms with E-state index in [2.05, 4.69) is 14.8 Å². The van der Waals surface area contributed by atoms with E-state index in [4.69, 9.17) is 0 Å². The number of halogens is 1. The average molecular weight is 444 g/mol. The van der Waals surface area contributed by atoms with Crippen LogP contribution in [0.5, 0.6) is 0 Å². The number of aryl methyl sites for hydroxylation is 1. The summed E-state index contributed by atoms with van der Waals surface area (Å²) in [6.45, 7) is 4.94. The molecule has 29 heavy (non-hydrogen) atoms. The molecule has 0 fully saturated rings. The van der Waals surface area contributed by atoms with E-state index in [9.17, 15) is 26.0 Å². The van der Waals surface area contributed by atoms with E-state index in [-0.39, 0.29) is 22.3 Å². The van der Waals surface area contributed by atoms with Gasteiger partial charge in [-0.2, -0.15) is 0 Å². The summed E-state index contributed by atoms with van der Waals surface area (Å²) in [5, 5.41) is 2.44. The van der Waals surface area contributed by atoms with Gasteiger partial charge in [-0.05, 0) is 56.7 Å². The molecule has 3 N–H and O–H groups in total. The third kappa shape index (κ3) is 6.24. The van der Waals surface area contributed by atoms with Gasteiger partial charge in [-0.1, -0.05) is 6.07 Å². The molecule has 2 aromatic rings. The second-order valence-electron chi connectivity index (χ2n) is 6.78. The molecule has 0 bridgehead atoms. The lowest BCUT2D eigenvalue weighted by Gasteiger charge is -2.13. The Kier molecular flexibility index (Phi) is 6.66. The van der Waals surface area contributed by atoms with Crippen LogP contribution >= 0.6 is 0 Å². The summed E-state index contributed by atoms with van der Waals surface area (Å²) in [5.41, 5.74) is 0.616. The summed E-state index contributed by atoms with van der Waals surface area (Å²) in [6.07, 6.45) is 0.990. The van der Waals surface area contributed by atoms with Crippen molar-refractivity contribution in [3.63, 3.8) is 0 Å². The SMILES string of the molecule is Cc1ccc(NC(=O)c2cc(S(=O)(=O)NC(C)C)ccc2F)cc1NS(C)(=O)=O. The van der Waals surface area contributed by atoms with Crippen LogP contribution in [0.4, 0.5) is 15.8 Å². The fourth-order valence-electron chi connectivity index (χ4n) is 2.43. The molecule has 0 aliphatic rings. The molecule has 0 unspecified atom stereocenters. The molecule has 0 heterocycles. The van der Waals surface area contributed by atoms with Crippen LogP contribution in [0.15, 0.2) is 41.3 Å². The molecule has 0 spiro atoms. The Morgan fingerprint density at radius 2 is 1.69 bits per heavy atom. The minimum Gasteiger partial charge on any atom is -0.322 e. The Hall–Kier alpha value is -2.50. The number of benzene rings is 2. The maximum absolute atomic E-state index is 14.2. The molecule has 0 saturated carbocycles. The lowest BCUT2D eigenvalue weighted by Crippen LogP contribution is -2.30. The van der Waals surface area contributed by atoms with Crippen LogP contribution in [-0.2, 0) is 20.0 Å². The van der Waals surface area contributed by atoms with Gasteiger partial charge in [-0.3, -0.25) is 9.52 Å². The predicted molar refractivity (Wildman–Crippen MR) is 109 cm³/mol. The molecular formula is C18H22FN3O5S2. The average Bonchev–Trinajstić information content (AvgIpc) is 2.55. The number of carbonyl (C=O) groups excluding carboxylic acids is 1. The first kappa shape index (κ1) is 22.8. The fourth-order valence-corrected chi connectivity index (χ4v) is 4.33. The number of hydrogen-bond acceptors (Lipinski definition) is 5. The number of rotatable bonds is 7. The quantitative estimate of drug-likeness (QED) is 0.607. The summed E-state index contributed by atoms with van der Waals surface area (Å²) in [6, 6.07) is 7.00. The van der Waals surface area contributed by atoms with E-state index < -0.39 is 37.3 Å². The normalized spacial score (nSPS) is 12.1. The van der Waals surface area contributed by atoms with Crippen molar-refractivity contribution >= 4 is 37.3 Å². The minimum atomic E-state index is -3.91. The van der Waals surface area contributed by atoms with Crippen molar-refractivity contribution in [2.45, 2.75) is 31.7 Å². The zero-order valence-electron chi connectivity index (χ0n) is 16.3. The summed E-state index contributed by atoms with van der Waals surface area (Å²) >= 11 is 0. The molecule has 11 heteroatoms. The van der Waals surface area contributed by atoms with E-state index in [1.54, 1.807) is 26.8 Å². The summed E-state index contributed by atoms with van der Waals surface area (Å²) < 4.78 is 66.3. The highest BCUT2D eigenvalue weighted by atomic mass is 32.2. The molecule has 158 valence electrons. The number of amides is 1. The van der Waals surface area contributed by atoms with Crippen molar-refractivity contribution in [3.05, 3.63) is 53.3 Å². The molecule has 0 radical (unpaired) electrons. The summed E-state index contributed by atoms with van der Waals surface area (Å²) in [4.78, 5) is 12.3. The van der Waals surface area contributed by atoms with Gasteiger partial charge in [-0.25, -0.2) is 25.9 Å². The monoisotopic (exact) mass is 443 g/mol. The molecule has 2 aromatic carbocycles. The van der Waals surface area contributed by atoms with E-state index in [1.807, 2.05) is 0 Å². The third-order valence-corrected chi connectivity index (χ3v) is 5.92. The van der Waals surface area contributed by atoms with Crippen LogP contribution in [-0.4, -0.2) is 35.0 Å². The van der Waals surface area contributed by atoms with E-state index in [1.165, 1.54) is 12.1 Å². The first-order valence-electron chi connectivity index (χ1n) is 8.50. The highest BCUT2D eigenvalue weighted by molar-refractivity contribution is 7.92. The second kappa shape index (κ2) is 8.47. The van der Waals surface area contributed by atoms with Gasteiger partial charge in [0.25, 0.3) is 5.91 Å². The van der Waals surface area contributed by atoms with Gasteiger partial charge >= 0.3 is 0 Å². The molecule has 2 rings (SSSR count). The third-order valence-electron chi connectivity index (χ3n) is 3.67. The summed E-state index contributed by atoms with van der Waals surface area (Å²) in [7, 11) is -7.44. The Balaban J connectivity index is 2.34. The lowest BCUT2D eigenvalue weighted by molar-refractivity contribution is 0.102.